The van der Waals surface area contributed by atoms with Crippen molar-refractivity contribution in [3.8, 4) is 0 Å². The van der Waals surface area contributed by atoms with Crippen LogP contribution in [0.25, 0.3) is 10.8 Å². The minimum atomic E-state index is -1.49. The monoisotopic (exact) mass is 464 g/mol. The number of Topliss-reactive ketones (excluding diaryl/α,β-unsaturated/α-hetero) is 1. The van der Waals surface area contributed by atoms with E-state index in [9.17, 15) is 9.59 Å². The topological polar surface area (TPSA) is 61.8 Å². The van der Waals surface area contributed by atoms with E-state index in [-0.39, 0.29) is 5.78 Å². The van der Waals surface area contributed by atoms with Crippen molar-refractivity contribution in [2.24, 2.45) is 5.92 Å². The Labute approximate surface area is 203 Å². The average molecular weight is 465 g/mol. The molecule has 6 rings (SSSR count). The molecule has 0 aromatic heterocycles. The second kappa shape index (κ2) is 8.15. The minimum Gasteiger partial charge on any atom is -0.448 e. The Bertz CT molecular complexity index is 1380. The molecule has 0 N–H and O–H groups in total. The van der Waals surface area contributed by atoms with Crippen molar-refractivity contribution in [3.05, 3.63) is 119 Å². The zero-order valence-corrected chi connectivity index (χ0v) is 19.3. The molecule has 1 aliphatic carbocycles. The first-order chi connectivity index (χ1) is 17.1. The molecule has 5 heteroatoms. The summed E-state index contributed by atoms with van der Waals surface area (Å²) >= 11 is 0. The number of carbonyl (C=O) groups is 2. The number of fused-ring (bicyclic) bond motifs is 1. The Morgan fingerprint density at radius 1 is 0.829 bits per heavy atom. The molecule has 0 radical (unpaired) electrons. The molecule has 1 atom stereocenters. The third-order valence-corrected chi connectivity index (χ3v) is 7.02. The Morgan fingerprint density at radius 2 is 1.40 bits per heavy atom. The van der Waals surface area contributed by atoms with Crippen molar-refractivity contribution in [2.45, 2.75) is 18.3 Å². The number of ketones is 1. The van der Waals surface area contributed by atoms with Crippen molar-refractivity contribution >= 4 is 22.5 Å². The van der Waals surface area contributed by atoms with E-state index in [1.807, 2.05) is 97.1 Å². The maximum Gasteiger partial charge on any atom is 0.303 e. The number of hydrogen-bond donors (Lipinski definition) is 0. The minimum absolute atomic E-state index is 0.190. The van der Waals surface area contributed by atoms with Crippen LogP contribution in [0.5, 0.6) is 0 Å². The number of carbonyl (C=O) groups excluding carboxylic acids is 2. The second-order valence-electron chi connectivity index (χ2n) is 8.93. The van der Waals surface area contributed by atoms with Crippen LogP contribution in [0.3, 0.4) is 0 Å². The number of rotatable bonds is 4. The second-order valence-corrected chi connectivity index (χ2v) is 8.93. The smallest absolute Gasteiger partial charge is 0.303 e. The summed E-state index contributed by atoms with van der Waals surface area (Å²) < 4.78 is 19.1. The van der Waals surface area contributed by atoms with Crippen LogP contribution in [0.4, 0.5) is 0 Å². The van der Waals surface area contributed by atoms with Gasteiger partial charge in [0, 0.05) is 34.6 Å². The molecule has 35 heavy (non-hydrogen) atoms. The van der Waals surface area contributed by atoms with E-state index in [1.54, 1.807) is 0 Å². The lowest BCUT2D eigenvalue weighted by molar-refractivity contribution is -0.234. The lowest BCUT2D eigenvalue weighted by Gasteiger charge is -2.49. The first-order valence-electron chi connectivity index (χ1n) is 11.7. The fourth-order valence-electron chi connectivity index (χ4n) is 5.80. The molecule has 4 aromatic rings. The predicted octanol–water partition coefficient (Wildman–Crippen LogP) is 5.36. The van der Waals surface area contributed by atoms with E-state index in [4.69, 9.17) is 14.2 Å². The van der Waals surface area contributed by atoms with Gasteiger partial charge in [0.1, 0.15) is 5.92 Å². The van der Waals surface area contributed by atoms with Crippen molar-refractivity contribution in [2.75, 3.05) is 13.2 Å². The molecule has 0 bridgehead atoms. The highest BCUT2D eigenvalue weighted by Gasteiger charge is 2.65. The van der Waals surface area contributed by atoms with Crippen molar-refractivity contribution in [1.29, 1.82) is 0 Å². The first kappa shape index (κ1) is 21.7. The molecule has 1 spiro atoms. The summed E-state index contributed by atoms with van der Waals surface area (Å²) in [7, 11) is 0. The van der Waals surface area contributed by atoms with Gasteiger partial charge in [0.05, 0.1) is 13.2 Å². The molecule has 0 saturated carbocycles. The van der Waals surface area contributed by atoms with Crippen LogP contribution in [0.2, 0.25) is 0 Å². The van der Waals surface area contributed by atoms with Gasteiger partial charge < -0.3 is 14.2 Å². The molecule has 1 saturated heterocycles. The molecular formula is C30H24O5. The zero-order chi connectivity index (χ0) is 24.0. The molecule has 1 aliphatic heterocycles. The maximum atomic E-state index is 14.6. The Morgan fingerprint density at radius 3 is 1.97 bits per heavy atom. The van der Waals surface area contributed by atoms with E-state index in [0.29, 0.717) is 29.9 Å². The van der Waals surface area contributed by atoms with Crippen LogP contribution in [-0.2, 0) is 30.4 Å². The van der Waals surface area contributed by atoms with Gasteiger partial charge in [-0.25, -0.2) is 0 Å². The van der Waals surface area contributed by atoms with Gasteiger partial charge in [-0.15, -0.1) is 0 Å². The Kier molecular flexibility index (Phi) is 5.06. The molecule has 5 nitrogen and oxygen atoms in total. The number of hydrogen-bond acceptors (Lipinski definition) is 5. The molecule has 1 heterocycles. The van der Waals surface area contributed by atoms with Gasteiger partial charge in [-0.2, -0.15) is 0 Å². The van der Waals surface area contributed by atoms with E-state index in [0.717, 1.165) is 16.3 Å². The van der Waals surface area contributed by atoms with Crippen molar-refractivity contribution in [1.82, 2.24) is 0 Å². The molecule has 2 aliphatic rings. The standard InChI is InChI=1S/C30H24O5/c1-20(31)35-29(22-12-4-2-5-13-22,23-14-6-3-7-15-23)28-27(32)24-16-8-10-21-11-9-17-25(26(21)24)30(28)33-18-19-34-30/h2-17,28H,18-19H2,1H3. The largest absolute Gasteiger partial charge is 0.448 e. The quantitative estimate of drug-likeness (QED) is 0.381. The normalized spacial score (nSPS) is 18.7. The summed E-state index contributed by atoms with van der Waals surface area (Å²) in [5.41, 5.74) is 1.19. The van der Waals surface area contributed by atoms with E-state index >= 15 is 0 Å². The molecule has 1 fully saturated rings. The lowest BCUT2D eigenvalue weighted by atomic mass is 9.64. The van der Waals surface area contributed by atoms with Crippen molar-refractivity contribution in [3.63, 3.8) is 0 Å². The van der Waals surface area contributed by atoms with Gasteiger partial charge in [-0.05, 0) is 5.39 Å². The summed E-state index contributed by atoms with van der Waals surface area (Å²) in [6, 6.07) is 30.4. The van der Waals surface area contributed by atoms with Crippen LogP contribution in [0.1, 0.15) is 34.0 Å². The van der Waals surface area contributed by atoms with Crippen LogP contribution in [-0.4, -0.2) is 25.0 Å². The average Bonchev–Trinajstić information content (AvgIpc) is 3.37. The van der Waals surface area contributed by atoms with Crippen LogP contribution < -0.4 is 0 Å². The zero-order valence-electron chi connectivity index (χ0n) is 19.3. The van der Waals surface area contributed by atoms with Gasteiger partial charge in [0.15, 0.2) is 11.4 Å². The molecule has 0 amide bonds. The van der Waals surface area contributed by atoms with Crippen LogP contribution in [0, 0.1) is 5.92 Å². The third kappa shape index (κ3) is 3.09. The molecular weight excluding hydrogens is 440 g/mol. The number of ether oxygens (including phenoxy) is 3. The SMILES string of the molecule is CC(=O)OC(c1ccccc1)(c1ccccc1)C1C(=O)c2cccc3cccc(c23)C12OCCO2. The highest BCUT2D eigenvalue weighted by Crippen LogP contribution is 2.57. The highest BCUT2D eigenvalue weighted by atomic mass is 16.7. The van der Waals surface area contributed by atoms with E-state index < -0.39 is 23.3 Å². The summed E-state index contributed by atoms with van der Waals surface area (Å²) in [6.07, 6.45) is 0. The summed E-state index contributed by atoms with van der Waals surface area (Å²) in [6.45, 7) is 2.01. The van der Waals surface area contributed by atoms with Crippen LogP contribution >= 0.6 is 0 Å². The van der Waals surface area contributed by atoms with Gasteiger partial charge in [-0.1, -0.05) is 97.1 Å². The summed E-state index contributed by atoms with van der Waals surface area (Å²) in [5.74, 6) is -3.14. The molecule has 174 valence electrons. The Hall–Kier alpha value is -3.80. The summed E-state index contributed by atoms with van der Waals surface area (Å²) in [5, 5.41) is 1.75. The third-order valence-electron chi connectivity index (χ3n) is 7.02. The lowest BCUT2D eigenvalue weighted by Crippen LogP contribution is -2.57. The van der Waals surface area contributed by atoms with Gasteiger partial charge in [0.25, 0.3) is 0 Å². The van der Waals surface area contributed by atoms with Gasteiger partial charge >= 0.3 is 5.97 Å². The number of benzene rings is 4. The van der Waals surface area contributed by atoms with Gasteiger partial charge in [-0.3, -0.25) is 9.59 Å². The number of esters is 1. The maximum absolute atomic E-state index is 14.6. The summed E-state index contributed by atoms with van der Waals surface area (Å²) in [4.78, 5) is 27.4. The first-order valence-corrected chi connectivity index (χ1v) is 11.7. The predicted molar refractivity (Wildman–Crippen MR) is 131 cm³/mol. The molecule has 1 unspecified atom stereocenters. The van der Waals surface area contributed by atoms with Gasteiger partial charge in [0.2, 0.25) is 5.79 Å². The Balaban J connectivity index is 1.74. The van der Waals surface area contributed by atoms with Crippen LogP contribution in [0.15, 0.2) is 97.1 Å². The van der Waals surface area contributed by atoms with E-state index in [1.165, 1.54) is 6.92 Å². The highest BCUT2D eigenvalue weighted by molar-refractivity contribution is 6.14. The van der Waals surface area contributed by atoms with Crippen molar-refractivity contribution < 1.29 is 23.8 Å². The van der Waals surface area contributed by atoms with E-state index in [2.05, 4.69) is 0 Å². The fraction of sp³-hybridized carbons (Fsp3) is 0.200. The fourth-order valence-corrected chi connectivity index (χ4v) is 5.80. The molecule has 4 aromatic carbocycles.